The van der Waals surface area contributed by atoms with Crippen molar-refractivity contribution in [3.63, 3.8) is 0 Å². The van der Waals surface area contributed by atoms with Gasteiger partial charge in [-0.3, -0.25) is 14.6 Å². The van der Waals surface area contributed by atoms with Gasteiger partial charge in [-0.15, -0.1) is 0 Å². The van der Waals surface area contributed by atoms with E-state index in [0.717, 1.165) is 0 Å². The first-order valence-electron chi connectivity index (χ1n) is 9.47. The number of halogens is 2. The van der Waals surface area contributed by atoms with Crippen LogP contribution >= 0.6 is 23.2 Å². The molecule has 1 N–H and O–H groups in total. The van der Waals surface area contributed by atoms with E-state index in [1.807, 2.05) is 24.3 Å². The molecule has 160 valence electrons. The fraction of sp³-hybridized carbons (Fsp3) is 0.174. The standard InChI is InChI=1S/C23H21Cl2N3O3/c1-28(2)23(30)16-8-6-12-26-20(16)14-31-21(29)13-15-7-3-4-11-19(15)27-22-17(24)9-5-10-18(22)25/h3-12,27H,13-14H2,1-2H3. The third kappa shape index (κ3) is 5.75. The van der Waals surface area contributed by atoms with Crippen LogP contribution in [0.4, 0.5) is 11.4 Å². The molecule has 0 aliphatic rings. The maximum absolute atomic E-state index is 12.5. The Kier molecular flexibility index (Phi) is 7.50. The number of benzene rings is 2. The number of esters is 1. The molecule has 0 saturated carbocycles. The van der Waals surface area contributed by atoms with Crippen LogP contribution in [0, 0.1) is 0 Å². The number of amides is 1. The van der Waals surface area contributed by atoms with Crippen LogP contribution in [0.3, 0.4) is 0 Å². The molecule has 1 aromatic heterocycles. The van der Waals surface area contributed by atoms with Gasteiger partial charge < -0.3 is 15.0 Å². The molecule has 8 heteroatoms. The summed E-state index contributed by atoms with van der Waals surface area (Å²) in [6, 6.07) is 15.9. The lowest BCUT2D eigenvalue weighted by atomic mass is 10.1. The van der Waals surface area contributed by atoms with E-state index >= 15 is 0 Å². The first kappa shape index (κ1) is 22.6. The predicted molar refractivity (Wildman–Crippen MR) is 122 cm³/mol. The first-order chi connectivity index (χ1) is 14.9. The van der Waals surface area contributed by atoms with E-state index in [4.69, 9.17) is 27.9 Å². The van der Waals surface area contributed by atoms with E-state index in [2.05, 4.69) is 10.3 Å². The van der Waals surface area contributed by atoms with Crippen molar-refractivity contribution in [2.24, 2.45) is 0 Å². The number of anilines is 2. The largest absolute Gasteiger partial charge is 0.459 e. The number of carbonyl (C=O) groups is 2. The molecular formula is C23H21Cl2N3O3. The lowest BCUT2D eigenvalue weighted by Gasteiger charge is -2.15. The molecule has 0 aliphatic heterocycles. The average Bonchev–Trinajstić information content (AvgIpc) is 2.75. The molecule has 6 nitrogen and oxygen atoms in total. The fourth-order valence-electron chi connectivity index (χ4n) is 2.89. The van der Waals surface area contributed by atoms with Crippen LogP contribution in [0.2, 0.25) is 10.0 Å². The SMILES string of the molecule is CN(C)C(=O)c1cccnc1COC(=O)Cc1ccccc1Nc1c(Cl)cccc1Cl. The van der Waals surface area contributed by atoms with Gasteiger partial charge in [0.25, 0.3) is 5.91 Å². The second kappa shape index (κ2) is 10.3. The van der Waals surface area contributed by atoms with E-state index in [0.29, 0.717) is 38.2 Å². The Labute approximate surface area is 190 Å². The Balaban J connectivity index is 1.71. The molecule has 0 fully saturated rings. The van der Waals surface area contributed by atoms with E-state index in [9.17, 15) is 9.59 Å². The van der Waals surface area contributed by atoms with Crippen LogP contribution in [-0.2, 0) is 22.6 Å². The molecule has 0 aliphatic carbocycles. The van der Waals surface area contributed by atoms with Gasteiger partial charge in [0.1, 0.15) is 6.61 Å². The molecule has 1 amide bonds. The minimum absolute atomic E-state index is 0.0229. The summed E-state index contributed by atoms with van der Waals surface area (Å²) >= 11 is 12.5. The van der Waals surface area contributed by atoms with Gasteiger partial charge in [0.2, 0.25) is 0 Å². The zero-order valence-electron chi connectivity index (χ0n) is 17.1. The van der Waals surface area contributed by atoms with Crippen molar-refractivity contribution in [3.05, 3.63) is 87.7 Å². The number of aromatic nitrogens is 1. The Morgan fingerprint density at radius 2 is 1.71 bits per heavy atom. The summed E-state index contributed by atoms with van der Waals surface area (Å²) in [5, 5.41) is 4.13. The third-order valence-electron chi connectivity index (χ3n) is 4.47. The number of carbonyl (C=O) groups excluding carboxylic acids is 2. The highest BCUT2D eigenvalue weighted by molar-refractivity contribution is 6.39. The number of ether oxygens (including phenoxy) is 1. The normalized spacial score (nSPS) is 10.5. The molecule has 2 aromatic carbocycles. The lowest BCUT2D eigenvalue weighted by molar-refractivity contribution is -0.144. The lowest BCUT2D eigenvalue weighted by Crippen LogP contribution is -2.24. The molecule has 0 radical (unpaired) electrons. The molecule has 31 heavy (non-hydrogen) atoms. The van der Waals surface area contributed by atoms with Crippen LogP contribution in [-0.4, -0.2) is 35.9 Å². The Hall–Kier alpha value is -3.09. The summed E-state index contributed by atoms with van der Waals surface area (Å²) in [7, 11) is 3.31. The Morgan fingerprint density at radius 1 is 1.00 bits per heavy atom. The molecule has 0 atom stereocenters. The zero-order valence-corrected chi connectivity index (χ0v) is 18.6. The number of para-hydroxylation sites is 2. The average molecular weight is 458 g/mol. The minimum atomic E-state index is -0.451. The maximum atomic E-state index is 12.5. The van der Waals surface area contributed by atoms with Gasteiger partial charge in [-0.05, 0) is 35.9 Å². The summed E-state index contributed by atoms with van der Waals surface area (Å²) in [6.45, 7) is -0.0967. The topological polar surface area (TPSA) is 71.5 Å². The molecule has 0 bridgehead atoms. The second-order valence-electron chi connectivity index (χ2n) is 6.91. The number of nitrogens with zero attached hydrogens (tertiary/aromatic N) is 2. The third-order valence-corrected chi connectivity index (χ3v) is 5.10. The van der Waals surface area contributed by atoms with Crippen molar-refractivity contribution >= 4 is 46.5 Å². The molecule has 3 aromatic rings. The highest BCUT2D eigenvalue weighted by Crippen LogP contribution is 2.33. The number of nitrogens with one attached hydrogen (secondary N) is 1. The molecule has 0 unspecified atom stereocenters. The fourth-order valence-corrected chi connectivity index (χ4v) is 3.38. The summed E-state index contributed by atoms with van der Waals surface area (Å²) in [6.07, 6.45) is 1.58. The predicted octanol–water partition coefficient (Wildman–Crippen LogP) is 5.12. The van der Waals surface area contributed by atoms with Crippen molar-refractivity contribution < 1.29 is 14.3 Å². The summed E-state index contributed by atoms with van der Waals surface area (Å²) in [5.74, 6) is -0.654. The second-order valence-corrected chi connectivity index (χ2v) is 7.73. The highest BCUT2D eigenvalue weighted by Gasteiger charge is 2.16. The minimum Gasteiger partial charge on any atom is -0.459 e. The smallest absolute Gasteiger partial charge is 0.310 e. The maximum Gasteiger partial charge on any atom is 0.310 e. The van der Waals surface area contributed by atoms with Gasteiger partial charge in [0.15, 0.2) is 0 Å². The zero-order chi connectivity index (χ0) is 22.4. The summed E-state index contributed by atoms with van der Waals surface area (Å²) in [4.78, 5) is 30.4. The van der Waals surface area contributed by atoms with Crippen LogP contribution in [0.1, 0.15) is 21.6 Å². The van der Waals surface area contributed by atoms with Crippen molar-refractivity contribution in [1.29, 1.82) is 0 Å². The number of rotatable bonds is 7. The highest BCUT2D eigenvalue weighted by atomic mass is 35.5. The number of hydrogen-bond donors (Lipinski definition) is 1. The quantitative estimate of drug-likeness (QED) is 0.498. The van der Waals surface area contributed by atoms with Gasteiger partial charge in [-0.25, -0.2) is 0 Å². The Bertz CT molecular complexity index is 1080. The number of hydrogen-bond acceptors (Lipinski definition) is 5. The monoisotopic (exact) mass is 457 g/mol. The molecular weight excluding hydrogens is 437 g/mol. The van der Waals surface area contributed by atoms with Crippen LogP contribution in [0.25, 0.3) is 0 Å². The van der Waals surface area contributed by atoms with E-state index in [-0.39, 0.29) is 18.9 Å². The van der Waals surface area contributed by atoms with Gasteiger partial charge in [-0.2, -0.15) is 0 Å². The van der Waals surface area contributed by atoms with Crippen LogP contribution < -0.4 is 5.32 Å². The van der Waals surface area contributed by atoms with E-state index in [1.54, 1.807) is 50.6 Å². The summed E-state index contributed by atoms with van der Waals surface area (Å²) in [5.41, 5.74) is 2.77. The Morgan fingerprint density at radius 3 is 2.42 bits per heavy atom. The van der Waals surface area contributed by atoms with Gasteiger partial charge >= 0.3 is 5.97 Å². The van der Waals surface area contributed by atoms with Crippen LogP contribution in [0.15, 0.2) is 60.8 Å². The van der Waals surface area contributed by atoms with Crippen molar-refractivity contribution in [2.45, 2.75) is 13.0 Å². The molecule has 0 spiro atoms. The van der Waals surface area contributed by atoms with Crippen molar-refractivity contribution in [1.82, 2.24) is 9.88 Å². The summed E-state index contributed by atoms with van der Waals surface area (Å²) < 4.78 is 5.40. The molecule has 3 rings (SSSR count). The van der Waals surface area contributed by atoms with Gasteiger partial charge in [-0.1, -0.05) is 47.5 Å². The van der Waals surface area contributed by atoms with E-state index < -0.39 is 5.97 Å². The first-order valence-corrected chi connectivity index (χ1v) is 10.2. The van der Waals surface area contributed by atoms with Gasteiger partial charge in [0.05, 0.1) is 33.4 Å². The van der Waals surface area contributed by atoms with Crippen LogP contribution in [0.5, 0.6) is 0 Å². The van der Waals surface area contributed by atoms with Crippen molar-refractivity contribution in [2.75, 3.05) is 19.4 Å². The molecule has 0 saturated heterocycles. The number of pyridine rings is 1. The van der Waals surface area contributed by atoms with Gasteiger partial charge in [0, 0.05) is 26.0 Å². The molecule has 1 heterocycles. The van der Waals surface area contributed by atoms with E-state index in [1.165, 1.54) is 4.90 Å². The van der Waals surface area contributed by atoms with Crippen molar-refractivity contribution in [3.8, 4) is 0 Å².